The van der Waals surface area contributed by atoms with Crippen LogP contribution in [0, 0.1) is 22.2 Å². The Hall–Kier alpha value is -1.24. The summed E-state index contributed by atoms with van der Waals surface area (Å²) in [4.78, 5) is 16.7. The van der Waals surface area contributed by atoms with Gasteiger partial charge in [0.15, 0.2) is 0 Å². The largest absolute Gasteiger partial charge is 0.231 e. The van der Waals surface area contributed by atoms with Crippen LogP contribution < -0.4 is 0 Å². The van der Waals surface area contributed by atoms with E-state index < -0.39 is 0 Å². The van der Waals surface area contributed by atoms with E-state index in [-0.39, 0.29) is 0 Å². The van der Waals surface area contributed by atoms with Crippen molar-refractivity contribution in [2.24, 2.45) is 11.3 Å². The SMILES string of the molecule is CC1(C2CCCCCC2)CCCCCC1.N=C=O.N=C=O. The molecule has 2 aliphatic rings. The van der Waals surface area contributed by atoms with Crippen molar-refractivity contribution < 1.29 is 9.59 Å². The van der Waals surface area contributed by atoms with Gasteiger partial charge in [-0.2, -0.15) is 0 Å². The van der Waals surface area contributed by atoms with Gasteiger partial charge in [0.1, 0.15) is 0 Å². The van der Waals surface area contributed by atoms with Crippen LogP contribution in [0.5, 0.6) is 0 Å². The number of rotatable bonds is 1. The third-order valence-electron chi connectivity index (χ3n) is 5.09. The molecule has 0 amide bonds. The van der Waals surface area contributed by atoms with Gasteiger partial charge in [-0.05, 0) is 37.0 Å². The van der Waals surface area contributed by atoms with E-state index in [4.69, 9.17) is 20.4 Å². The van der Waals surface area contributed by atoms with Gasteiger partial charge in [0.25, 0.3) is 0 Å². The van der Waals surface area contributed by atoms with E-state index in [0.717, 1.165) is 23.5 Å². The predicted octanol–water partition coefficient (Wildman–Crippen LogP) is 5.12. The fourth-order valence-electron chi connectivity index (χ4n) is 3.92. The second kappa shape index (κ2) is 12.5. The second-order valence-electron chi connectivity index (χ2n) is 6.46. The molecule has 0 aliphatic heterocycles. The van der Waals surface area contributed by atoms with E-state index >= 15 is 0 Å². The molecule has 2 aliphatic carbocycles. The molecule has 2 N–H and O–H groups in total. The van der Waals surface area contributed by atoms with Gasteiger partial charge in [0.05, 0.1) is 0 Å². The van der Waals surface area contributed by atoms with E-state index in [1.807, 2.05) is 0 Å². The Balaban J connectivity index is 0.000000578. The number of hydrogen-bond donors (Lipinski definition) is 2. The molecule has 21 heavy (non-hydrogen) atoms. The molecule has 2 rings (SSSR count). The average Bonchev–Trinajstić information content (AvgIpc) is 2.84. The van der Waals surface area contributed by atoms with E-state index in [0.29, 0.717) is 0 Å². The maximum Gasteiger partial charge on any atom is 0.231 e. The van der Waals surface area contributed by atoms with Crippen LogP contribution in [0.4, 0.5) is 0 Å². The lowest BCUT2D eigenvalue weighted by molar-refractivity contribution is 0.139. The molecule has 0 aromatic carbocycles. The Kier molecular flexibility index (Phi) is 11.8. The van der Waals surface area contributed by atoms with Gasteiger partial charge in [0.2, 0.25) is 12.2 Å². The van der Waals surface area contributed by atoms with Gasteiger partial charge in [-0.3, -0.25) is 0 Å². The molecule has 120 valence electrons. The highest BCUT2D eigenvalue weighted by Crippen LogP contribution is 2.46. The van der Waals surface area contributed by atoms with E-state index in [2.05, 4.69) is 6.92 Å². The molecular weight excluding hydrogens is 264 g/mol. The first-order valence-corrected chi connectivity index (χ1v) is 8.22. The predicted molar refractivity (Wildman–Crippen MR) is 83.8 cm³/mol. The van der Waals surface area contributed by atoms with E-state index in [1.54, 1.807) is 0 Å². The zero-order chi connectivity index (χ0) is 16.0. The fraction of sp³-hybridized carbons (Fsp3) is 0.882. The fourth-order valence-corrected chi connectivity index (χ4v) is 3.92. The van der Waals surface area contributed by atoms with Crippen LogP contribution in [0.2, 0.25) is 0 Å². The first-order chi connectivity index (χ1) is 10.1. The molecule has 0 saturated heterocycles. The summed E-state index contributed by atoms with van der Waals surface area (Å²) in [5.74, 6) is 1.07. The lowest BCUT2D eigenvalue weighted by Crippen LogP contribution is -2.26. The van der Waals surface area contributed by atoms with Crippen molar-refractivity contribution in [1.29, 1.82) is 10.8 Å². The summed E-state index contributed by atoms with van der Waals surface area (Å²) in [6.07, 6.45) is 19.7. The van der Waals surface area contributed by atoms with Gasteiger partial charge in [-0.1, -0.05) is 58.3 Å². The molecule has 4 heteroatoms. The summed E-state index contributed by atoms with van der Waals surface area (Å²) in [6.45, 7) is 2.61. The maximum atomic E-state index is 8.35. The molecule has 0 heterocycles. The van der Waals surface area contributed by atoms with Crippen molar-refractivity contribution in [2.45, 2.75) is 84.0 Å². The first kappa shape index (κ1) is 19.8. The zero-order valence-electron chi connectivity index (χ0n) is 13.4. The number of carbonyl (C=O) groups excluding carboxylic acids is 2. The van der Waals surface area contributed by atoms with Crippen LogP contribution in [-0.4, -0.2) is 12.2 Å². The number of hydrogen-bond acceptors (Lipinski definition) is 4. The summed E-state index contributed by atoms with van der Waals surface area (Å²) in [5, 5.41) is 10.8. The van der Waals surface area contributed by atoms with Crippen LogP contribution in [0.3, 0.4) is 0 Å². The van der Waals surface area contributed by atoms with Crippen molar-refractivity contribution in [3.63, 3.8) is 0 Å². The molecule has 0 aromatic rings. The molecule has 2 fully saturated rings. The summed E-state index contributed by atoms with van der Waals surface area (Å²) < 4.78 is 0. The molecule has 0 radical (unpaired) electrons. The number of nitrogens with one attached hydrogen (secondary N) is 2. The standard InChI is InChI=1S/C15H28.2CHNO/c1-15(12-8-4-5-9-13-15)14-10-6-2-3-7-11-14;2*2-1-3/h14H,2-13H2,1H3;2*2H. The van der Waals surface area contributed by atoms with E-state index in [9.17, 15) is 0 Å². The molecule has 0 bridgehead atoms. The molecule has 0 atom stereocenters. The van der Waals surface area contributed by atoms with Crippen molar-refractivity contribution >= 4 is 12.2 Å². The highest BCUT2D eigenvalue weighted by molar-refractivity contribution is 5.26. The molecule has 0 spiro atoms. The highest BCUT2D eigenvalue weighted by atomic mass is 16.1. The van der Waals surface area contributed by atoms with Gasteiger partial charge in [-0.25, -0.2) is 20.4 Å². The second-order valence-corrected chi connectivity index (χ2v) is 6.46. The lowest BCUT2D eigenvalue weighted by Gasteiger charge is -2.37. The Morgan fingerprint density at radius 1 is 0.762 bits per heavy atom. The van der Waals surface area contributed by atoms with Gasteiger partial charge < -0.3 is 0 Å². The topological polar surface area (TPSA) is 81.8 Å². The van der Waals surface area contributed by atoms with Crippen LogP contribution in [0.25, 0.3) is 0 Å². The monoisotopic (exact) mass is 294 g/mol. The Morgan fingerprint density at radius 3 is 1.48 bits per heavy atom. The van der Waals surface area contributed by atoms with E-state index in [1.165, 1.54) is 77.0 Å². The smallest absolute Gasteiger partial charge is 0.222 e. The van der Waals surface area contributed by atoms with Crippen molar-refractivity contribution in [3.8, 4) is 0 Å². The summed E-state index contributed by atoms with van der Waals surface area (Å²) in [5.41, 5.74) is 0.723. The Bertz CT molecular complexity index is 302. The van der Waals surface area contributed by atoms with Crippen molar-refractivity contribution in [2.75, 3.05) is 0 Å². The maximum absolute atomic E-state index is 8.35. The minimum atomic E-state index is 0.723. The number of isocyanates is 2. The van der Waals surface area contributed by atoms with Gasteiger partial charge >= 0.3 is 0 Å². The minimum Gasteiger partial charge on any atom is -0.222 e. The molecule has 0 unspecified atom stereocenters. The van der Waals surface area contributed by atoms with Crippen LogP contribution in [0.1, 0.15) is 84.0 Å². The Morgan fingerprint density at radius 2 is 1.10 bits per heavy atom. The third-order valence-corrected chi connectivity index (χ3v) is 5.09. The van der Waals surface area contributed by atoms with Crippen LogP contribution in [-0.2, 0) is 9.59 Å². The molecule has 2 saturated carbocycles. The summed E-state index contributed by atoms with van der Waals surface area (Å²) >= 11 is 0. The molecule has 0 aromatic heterocycles. The third kappa shape index (κ3) is 8.60. The van der Waals surface area contributed by atoms with Crippen molar-refractivity contribution in [3.05, 3.63) is 0 Å². The Labute approximate surface area is 128 Å². The average molecular weight is 294 g/mol. The normalized spacial score (nSPS) is 21.8. The van der Waals surface area contributed by atoms with Crippen LogP contribution in [0.15, 0.2) is 0 Å². The van der Waals surface area contributed by atoms with Gasteiger partial charge in [0, 0.05) is 0 Å². The van der Waals surface area contributed by atoms with Gasteiger partial charge in [-0.15, -0.1) is 0 Å². The quantitative estimate of drug-likeness (QED) is 0.400. The highest BCUT2D eigenvalue weighted by Gasteiger charge is 2.34. The lowest BCUT2D eigenvalue weighted by atomic mass is 9.68. The zero-order valence-corrected chi connectivity index (χ0v) is 13.4. The summed E-state index contributed by atoms with van der Waals surface area (Å²) in [6, 6.07) is 0. The molecule has 4 nitrogen and oxygen atoms in total. The molecular formula is C17H30N2O2. The minimum absolute atomic E-state index is 0.723. The van der Waals surface area contributed by atoms with Crippen molar-refractivity contribution in [1.82, 2.24) is 0 Å². The first-order valence-electron chi connectivity index (χ1n) is 8.22. The summed E-state index contributed by atoms with van der Waals surface area (Å²) in [7, 11) is 0. The van der Waals surface area contributed by atoms with Crippen LogP contribution >= 0.6 is 0 Å².